The maximum atomic E-state index is 5.85. The molecule has 2 bridgehead atoms. The van der Waals surface area contributed by atoms with Crippen molar-refractivity contribution in [1.82, 2.24) is 4.90 Å². The summed E-state index contributed by atoms with van der Waals surface area (Å²) < 4.78 is 5.74. The van der Waals surface area contributed by atoms with Crippen LogP contribution in [0.2, 0.25) is 0 Å². The van der Waals surface area contributed by atoms with Crippen molar-refractivity contribution >= 4 is 23.2 Å². The van der Waals surface area contributed by atoms with Crippen molar-refractivity contribution in [2.24, 2.45) is 0 Å². The van der Waals surface area contributed by atoms with Gasteiger partial charge in [-0.1, -0.05) is 0 Å². The molecule has 2 fully saturated rings. The van der Waals surface area contributed by atoms with E-state index in [2.05, 4.69) is 4.90 Å². The zero-order chi connectivity index (χ0) is 9.26. The lowest BCUT2D eigenvalue weighted by Crippen LogP contribution is -2.49. The van der Waals surface area contributed by atoms with Crippen LogP contribution in [0.25, 0.3) is 0 Å². The summed E-state index contributed by atoms with van der Waals surface area (Å²) in [5.74, 6) is 1.26. The average molecular weight is 224 g/mol. The smallest absolute Gasteiger partial charge is 0.0707 e. The number of likely N-dealkylation sites (tertiary alicyclic amines) is 1. The van der Waals surface area contributed by atoms with Crippen LogP contribution < -0.4 is 0 Å². The number of fused-ring (bicyclic) bond motifs is 2. The molecule has 0 spiro atoms. The number of morpholine rings is 1. The van der Waals surface area contributed by atoms with Gasteiger partial charge >= 0.3 is 0 Å². The molecule has 2 atom stereocenters. The van der Waals surface area contributed by atoms with Crippen LogP contribution in [0.3, 0.4) is 0 Å². The van der Waals surface area contributed by atoms with Gasteiger partial charge in [-0.15, -0.1) is 23.2 Å². The highest BCUT2D eigenvalue weighted by atomic mass is 35.5. The van der Waals surface area contributed by atoms with Gasteiger partial charge in [-0.25, -0.2) is 0 Å². The van der Waals surface area contributed by atoms with Crippen LogP contribution in [0.15, 0.2) is 0 Å². The van der Waals surface area contributed by atoms with E-state index >= 15 is 0 Å². The molecule has 76 valence electrons. The van der Waals surface area contributed by atoms with Gasteiger partial charge < -0.3 is 4.74 Å². The zero-order valence-electron chi connectivity index (χ0n) is 7.59. The third-order valence-electron chi connectivity index (χ3n) is 2.94. The molecule has 0 aromatic heterocycles. The van der Waals surface area contributed by atoms with Crippen molar-refractivity contribution in [1.29, 1.82) is 0 Å². The third-order valence-corrected chi connectivity index (χ3v) is 3.66. The molecule has 0 aromatic carbocycles. The molecule has 0 aliphatic carbocycles. The Hall–Kier alpha value is 0.500. The van der Waals surface area contributed by atoms with E-state index in [9.17, 15) is 0 Å². The Morgan fingerprint density at radius 2 is 1.69 bits per heavy atom. The van der Waals surface area contributed by atoms with Crippen LogP contribution in [-0.4, -0.2) is 48.0 Å². The van der Waals surface area contributed by atoms with Crippen LogP contribution in [0.4, 0.5) is 0 Å². The predicted molar refractivity (Wildman–Crippen MR) is 54.7 cm³/mol. The summed E-state index contributed by atoms with van der Waals surface area (Å²) in [4.78, 5) is 2.38. The SMILES string of the molecule is ClCC(CCl)N1C[C@H]2CC[C@@H](C1)O2. The van der Waals surface area contributed by atoms with Crippen LogP contribution >= 0.6 is 23.2 Å². The van der Waals surface area contributed by atoms with Crippen molar-refractivity contribution in [2.45, 2.75) is 31.1 Å². The first kappa shape index (κ1) is 10.0. The minimum Gasteiger partial charge on any atom is -0.372 e. The minimum absolute atomic E-state index is 0.329. The van der Waals surface area contributed by atoms with Gasteiger partial charge in [-0.05, 0) is 12.8 Å². The van der Waals surface area contributed by atoms with Gasteiger partial charge in [0.15, 0.2) is 0 Å². The van der Waals surface area contributed by atoms with Crippen molar-refractivity contribution in [2.75, 3.05) is 24.8 Å². The molecule has 0 unspecified atom stereocenters. The summed E-state index contributed by atoms with van der Waals surface area (Å²) in [6.07, 6.45) is 3.29. The molecule has 2 rings (SSSR count). The van der Waals surface area contributed by atoms with Crippen molar-refractivity contribution in [3.63, 3.8) is 0 Å². The van der Waals surface area contributed by atoms with Crippen molar-refractivity contribution in [3.05, 3.63) is 0 Å². The Morgan fingerprint density at radius 1 is 1.15 bits per heavy atom. The lowest BCUT2D eigenvalue weighted by Gasteiger charge is -2.36. The normalized spacial score (nSPS) is 34.4. The highest BCUT2D eigenvalue weighted by molar-refractivity contribution is 6.21. The third kappa shape index (κ3) is 2.12. The van der Waals surface area contributed by atoms with Gasteiger partial charge in [0.05, 0.1) is 12.2 Å². The second-order valence-electron chi connectivity index (χ2n) is 3.87. The molecule has 0 radical (unpaired) electrons. The molecule has 2 aliphatic heterocycles. The number of rotatable bonds is 3. The van der Waals surface area contributed by atoms with Crippen LogP contribution in [0.5, 0.6) is 0 Å². The Balaban J connectivity index is 1.93. The van der Waals surface area contributed by atoms with Gasteiger partial charge in [0.25, 0.3) is 0 Å². The quantitative estimate of drug-likeness (QED) is 0.676. The van der Waals surface area contributed by atoms with E-state index in [4.69, 9.17) is 27.9 Å². The lowest BCUT2D eigenvalue weighted by molar-refractivity contribution is -0.0472. The molecule has 13 heavy (non-hydrogen) atoms. The summed E-state index contributed by atoms with van der Waals surface area (Å²) in [5, 5.41) is 0. The van der Waals surface area contributed by atoms with Gasteiger partial charge in [0, 0.05) is 30.9 Å². The monoisotopic (exact) mass is 223 g/mol. The highest BCUT2D eigenvalue weighted by Gasteiger charge is 2.35. The minimum atomic E-state index is 0.329. The fourth-order valence-electron chi connectivity index (χ4n) is 2.18. The highest BCUT2D eigenvalue weighted by Crippen LogP contribution is 2.27. The number of hydrogen-bond donors (Lipinski definition) is 0. The Labute approximate surface area is 89.1 Å². The van der Waals surface area contributed by atoms with Crippen molar-refractivity contribution in [3.8, 4) is 0 Å². The first-order valence-electron chi connectivity index (χ1n) is 4.85. The molecule has 2 heterocycles. The maximum absolute atomic E-state index is 5.85. The molecule has 2 aliphatic rings. The Bertz CT molecular complexity index is 163. The van der Waals surface area contributed by atoms with E-state index in [1.807, 2.05) is 0 Å². The van der Waals surface area contributed by atoms with E-state index in [1.54, 1.807) is 0 Å². The van der Waals surface area contributed by atoms with Crippen LogP contribution in [-0.2, 0) is 4.74 Å². The van der Waals surface area contributed by atoms with Gasteiger partial charge in [-0.2, -0.15) is 0 Å². The maximum Gasteiger partial charge on any atom is 0.0707 e. The van der Waals surface area contributed by atoms with E-state index in [0.717, 1.165) is 13.1 Å². The second kappa shape index (κ2) is 4.35. The van der Waals surface area contributed by atoms with Gasteiger partial charge in [0.1, 0.15) is 0 Å². The standard InChI is InChI=1S/C9H15Cl2NO/c10-3-7(4-11)12-5-8-1-2-9(6-12)13-8/h7-9H,1-6H2/t8-,9+. The number of alkyl halides is 2. The summed E-state index contributed by atoms with van der Waals surface area (Å²) in [7, 11) is 0. The molecular weight excluding hydrogens is 209 g/mol. The number of halogens is 2. The molecule has 0 saturated carbocycles. The number of hydrogen-bond acceptors (Lipinski definition) is 2. The Morgan fingerprint density at radius 3 is 2.15 bits per heavy atom. The molecular formula is C9H15Cl2NO. The molecule has 4 heteroatoms. The lowest BCUT2D eigenvalue weighted by atomic mass is 10.2. The first-order chi connectivity index (χ1) is 6.33. The second-order valence-corrected chi connectivity index (χ2v) is 4.49. The molecule has 0 amide bonds. The topological polar surface area (TPSA) is 12.5 Å². The van der Waals surface area contributed by atoms with Crippen molar-refractivity contribution < 1.29 is 4.74 Å². The average Bonchev–Trinajstić information content (AvgIpc) is 2.48. The van der Waals surface area contributed by atoms with Gasteiger partial charge in [-0.3, -0.25) is 4.90 Å². The summed E-state index contributed by atoms with van der Waals surface area (Å²) in [6, 6.07) is 0.329. The number of ether oxygens (including phenoxy) is 1. The van der Waals surface area contributed by atoms with E-state index in [-0.39, 0.29) is 0 Å². The predicted octanol–water partition coefficient (Wildman–Crippen LogP) is 1.70. The van der Waals surface area contributed by atoms with E-state index in [1.165, 1.54) is 12.8 Å². The largest absolute Gasteiger partial charge is 0.372 e. The molecule has 0 aromatic rings. The molecule has 0 N–H and O–H groups in total. The molecule has 2 saturated heterocycles. The van der Waals surface area contributed by atoms with E-state index in [0.29, 0.717) is 30.0 Å². The number of nitrogens with zero attached hydrogens (tertiary/aromatic N) is 1. The summed E-state index contributed by atoms with van der Waals surface area (Å²) in [5.41, 5.74) is 0. The fourth-order valence-corrected chi connectivity index (χ4v) is 2.90. The summed E-state index contributed by atoms with van der Waals surface area (Å²) >= 11 is 11.7. The van der Waals surface area contributed by atoms with Gasteiger partial charge in [0.2, 0.25) is 0 Å². The van der Waals surface area contributed by atoms with Crippen LogP contribution in [0.1, 0.15) is 12.8 Å². The summed E-state index contributed by atoms with van der Waals surface area (Å²) in [6.45, 7) is 2.03. The Kier molecular flexibility index (Phi) is 3.36. The fraction of sp³-hybridized carbons (Fsp3) is 1.00. The first-order valence-corrected chi connectivity index (χ1v) is 5.92. The van der Waals surface area contributed by atoms with E-state index < -0.39 is 0 Å². The van der Waals surface area contributed by atoms with Crippen LogP contribution in [0, 0.1) is 0 Å². The zero-order valence-corrected chi connectivity index (χ0v) is 9.10. The molecule has 2 nitrogen and oxygen atoms in total.